The number of amides is 1. The SMILES string of the molecule is CCCOc1ccc(/C=C(\C#N)C(=O)NC[C@@H]2CCCO2)cc1. The first-order chi connectivity index (χ1) is 11.2. The molecule has 1 aliphatic heterocycles. The van der Waals surface area contributed by atoms with E-state index in [-0.39, 0.29) is 17.6 Å². The van der Waals surface area contributed by atoms with Gasteiger partial charge >= 0.3 is 0 Å². The van der Waals surface area contributed by atoms with E-state index in [2.05, 4.69) is 5.32 Å². The molecule has 1 aliphatic rings. The molecule has 0 bridgehead atoms. The summed E-state index contributed by atoms with van der Waals surface area (Å²) in [7, 11) is 0. The summed E-state index contributed by atoms with van der Waals surface area (Å²) in [5.41, 5.74) is 0.878. The number of nitriles is 1. The zero-order valence-corrected chi connectivity index (χ0v) is 13.4. The van der Waals surface area contributed by atoms with E-state index in [0.717, 1.165) is 37.2 Å². The Morgan fingerprint density at radius 2 is 2.26 bits per heavy atom. The van der Waals surface area contributed by atoms with Crippen LogP contribution in [0.4, 0.5) is 0 Å². The highest BCUT2D eigenvalue weighted by Gasteiger charge is 2.17. The van der Waals surface area contributed by atoms with Crippen LogP contribution in [0.3, 0.4) is 0 Å². The number of benzene rings is 1. The lowest BCUT2D eigenvalue weighted by Gasteiger charge is -2.10. The topological polar surface area (TPSA) is 71.3 Å². The number of carbonyl (C=O) groups is 1. The number of rotatable bonds is 7. The van der Waals surface area contributed by atoms with Crippen LogP contribution in [0.5, 0.6) is 5.75 Å². The third-order valence-corrected chi connectivity index (χ3v) is 3.54. The lowest BCUT2D eigenvalue weighted by atomic mass is 10.1. The Kier molecular flexibility index (Phi) is 6.64. The molecule has 1 amide bonds. The van der Waals surface area contributed by atoms with Crippen LogP contribution in [-0.4, -0.2) is 31.8 Å². The summed E-state index contributed by atoms with van der Waals surface area (Å²) in [5.74, 6) is 0.416. The van der Waals surface area contributed by atoms with Gasteiger partial charge in [-0.2, -0.15) is 5.26 Å². The van der Waals surface area contributed by atoms with Crippen molar-refractivity contribution in [1.29, 1.82) is 5.26 Å². The molecule has 0 spiro atoms. The lowest BCUT2D eigenvalue weighted by Crippen LogP contribution is -2.32. The van der Waals surface area contributed by atoms with Crippen LogP contribution in [0, 0.1) is 11.3 Å². The van der Waals surface area contributed by atoms with Crippen molar-refractivity contribution < 1.29 is 14.3 Å². The molecule has 122 valence electrons. The van der Waals surface area contributed by atoms with E-state index >= 15 is 0 Å². The van der Waals surface area contributed by atoms with Crippen molar-refractivity contribution in [2.75, 3.05) is 19.8 Å². The maximum absolute atomic E-state index is 12.1. The van der Waals surface area contributed by atoms with E-state index in [1.54, 1.807) is 6.08 Å². The normalized spacial score (nSPS) is 17.6. The molecular weight excluding hydrogens is 292 g/mol. The second-order valence-corrected chi connectivity index (χ2v) is 5.43. The largest absolute Gasteiger partial charge is 0.494 e. The molecule has 1 atom stereocenters. The van der Waals surface area contributed by atoms with E-state index in [9.17, 15) is 10.1 Å². The zero-order chi connectivity index (χ0) is 16.5. The van der Waals surface area contributed by atoms with Crippen molar-refractivity contribution in [3.05, 3.63) is 35.4 Å². The van der Waals surface area contributed by atoms with Gasteiger partial charge in [-0.3, -0.25) is 4.79 Å². The molecule has 5 heteroatoms. The van der Waals surface area contributed by atoms with Crippen LogP contribution in [0.15, 0.2) is 29.8 Å². The van der Waals surface area contributed by atoms with Gasteiger partial charge in [0.15, 0.2) is 0 Å². The first-order valence-corrected chi connectivity index (χ1v) is 7.97. The standard InChI is InChI=1S/C18H22N2O3/c1-2-9-22-16-7-5-14(6-8-16)11-15(12-19)18(21)20-13-17-4-3-10-23-17/h5-8,11,17H,2-4,9-10,13H2,1H3,(H,20,21)/b15-11+/t17-/m0/s1. The van der Waals surface area contributed by atoms with Gasteiger partial charge in [0, 0.05) is 13.2 Å². The van der Waals surface area contributed by atoms with Gasteiger partial charge in [-0.25, -0.2) is 0 Å². The molecule has 1 fully saturated rings. The summed E-state index contributed by atoms with van der Waals surface area (Å²) in [5, 5.41) is 11.9. The van der Waals surface area contributed by atoms with Gasteiger partial charge in [-0.15, -0.1) is 0 Å². The average Bonchev–Trinajstić information content (AvgIpc) is 3.10. The number of nitrogens with one attached hydrogen (secondary N) is 1. The monoisotopic (exact) mass is 314 g/mol. The van der Waals surface area contributed by atoms with Gasteiger partial charge < -0.3 is 14.8 Å². The predicted molar refractivity (Wildman–Crippen MR) is 87.8 cm³/mol. The van der Waals surface area contributed by atoms with Crippen LogP contribution in [0.1, 0.15) is 31.7 Å². The third kappa shape index (κ3) is 5.42. The van der Waals surface area contributed by atoms with Crippen molar-refractivity contribution in [1.82, 2.24) is 5.32 Å². The number of nitrogens with zero attached hydrogens (tertiary/aromatic N) is 1. The molecule has 0 aliphatic carbocycles. The summed E-state index contributed by atoms with van der Waals surface area (Å²) in [6, 6.07) is 9.28. The molecule has 1 saturated heterocycles. The van der Waals surface area contributed by atoms with Crippen LogP contribution < -0.4 is 10.1 Å². The Hall–Kier alpha value is -2.32. The van der Waals surface area contributed by atoms with E-state index in [0.29, 0.717) is 13.2 Å². The van der Waals surface area contributed by atoms with Gasteiger partial charge in [0.1, 0.15) is 17.4 Å². The molecule has 1 N–H and O–H groups in total. The quantitative estimate of drug-likeness (QED) is 0.620. The van der Waals surface area contributed by atoms with E-state index in [4.69, 9.17) is 9.47 Å². The fourth-order valence-corrected chi connectivity index (χ4v) is 2.30. The minimum absolute atomic E-state index is 0.0638. The number of carbonyl (C=O) groups excluding carboxylic acids is 1. The molecule has 1 aromatic rings. The second-order valence-electron chi connectivity index (χ2n) is 5.43. The van der Waals surface area contributed by atoms with Crippen molar-refractivity contribution in [2.45, 2.75) is 32.3 Å². The van der Waals surface area contributed by atoms with Gasteiger partial charge in [-0.1, -0.05) is 19.1 Å². The summed E-state index contributed by atoms with van der Waals surface area (Å²) in [6.07, 6.45) is 4.56. The highest BCUT2D eigenvalue weighted by Crippen LogP contribution is 2.15. The van der Waals surface area contributed by atoms with Crippen molar-refractivity contribution in [2.24, 2.45) is 0 Å². The smallest absolute Gasteiger partial charge is 0.262 e. The summed E-state index contributed by atoms with van der Waals surface area (Å²) >= 11 is 0. The van der Waals surface area contributed by atoms with Crippen molar-refractivity contribution in [3.8, 4) is 11.8 Å². The molecule has 0 saturated carbocycles. The highest BCUT2D eigenvalue weighted by atomic mass is 16.5. The fourth-order valence-electron chi connectivity index (χ4n) is 2.30. The molecule has 0 unspecified atom stereocenters. The molecule has 0 radical (unpaired) electrons. The molecule has 1 aromatic carbocycles. The van der Waals surface area contributed by atoms with Crippen LogP contribution in [-0.2, 0) is 9.53 Å². The Morgan fingerprint density at radius 3 is 2.87 bits per heavy atom. The maximum atomic E-state index is 12.1. The second kappa shape index (κ2) is 8.96. The van der Waals surface area contributed by atoms with E-state index in [1.807, 2.05) is 37.3 Å². The van der Waals surface area contributed by atoms with Gasteiger partial charge in [0.05, 0.1) is 12.7 Å². The van der Waals surface area contributed by atoms with Crippen molar-refractivity contribution in [3.63, 3.8) is 0 Å². The van der Waals surface area contributed by atoms with Crippen molar-refractivity contribution >= 4 is 12.0 Å². The summed E-state index contributed by atoms with van der Waals surface area (Å²) in [6.45, 7) is 3.91. The molecule has 5 nitrogen and oxygen atoms in total. The Bertz CT molecular complexity index is 581. The van der Waals surface area contributed by atoms with Crippen LogP contribution in [0.2, 0.25) is 0 Å². The van der Waals surface area contributed by atoms with Gasteiger partial charge in [0.25, 0.3) is 5.91 Å². The lowest BCUT2D eigenvalue weighted by molar-refractivity contribution is -0.117. The first kappa shape index (κ1) is 17.0. The maximum Gasteiger partial charge on any atom is 0.262 e. The molecular formula is C18H22N2O3. The minimum atomic E-state index is -0.366. The first-order valence-electron chi connectivity index (χ1n) is 7.97. The Morgan fingerprint density at radius 1 is 1.48 bits per heavy atom. The highest BCUT2D eigenvalue weighted by molar-refractivity contribution is 6.01. The number of ether oxygens (including phenoxy) is 2. The minimum Gasteiger partial charge on any atom is -0.494 e. The molecule has 1 heterocycles. The Labute approximate surface area is 136 Å². The van der Waals surface area contributed by atoms with Gasteiger partial charge in [-0.05, 0) is 43.0 Å². The zero-order valence-electron chi connectivity index (χ0n) is 13.4. The van der Waals surface area contributed by atoms with E-state index in [1.165, 1.54) is 0 Å². The number of hydrogen-bond acceptors (Lipinski definition) is 4. The Balaban J connectivity index is 1.94. The van der Waals surface area contributed by atoms with E-state index < -0.39 is 0 Å². The molecule has 23 heavy (non-hydrogen) atoms. The molecule has 0 aromatic heterocycles. The third-order valence-electron chi connectivity index (χ3n) is 3.54. The predicted octanol–water partition coefficient (Wildman–Crippen LogP) is 2.68. The summed E-state index contributed by atoms with van der Waals surface area (Å²) < 4.78 is 11.0. The number of hydrogen-bond donors (Lipinski definition) is 1. The van der Waals surface area contributed by atoms with Crippen LogP contribution >= 0.6 is 0 Å². The molecule has 2 rings (SSSR count). The average molecular weight is 314 g/mol. The fraction of sp³-hybridized carbons (Fsp3) is 0.444. The van der Waals surface area contributed by atoms with Crippen LogP contribution in [0.25, 0.3) is 6.08 Å². The summed E-state index contributed by atoms with van der Waals surface area (Å²) in [4.78, 5) is 12.1. The van der Waals surface area contributed by atoms with Gasteiger partial charge in [0.2, 0.25) is 0 Å².